The number of ether oxygens (including phenoxy) is 1. The van der Waals surface area contributed by atoms with Crippen molar-refractivity contribution in [1.82, 2.24) is 5.32 Å². The molecule has 2 rings (SSSR count). The van der Waals surface area contributed by atoms with Crippen molar-refractivity contribution in [3.8, 4) is 5.75 Å². The highest BCUT2D eigenvalue weighted by atomic mass is 35.5. The maximum atomic E-state index is 12.4. The van der Waals surface area contributed by atoms with E-state index in [1.165, 1.54) is 19.2 Å². The molecule has 0 heterocycles. The minimum Gasteiger partial charge on any atom is -0.496 e. The first-order valence-corrected chi connectivity index (χ1v) is 6.89. The number of hydrogen-bond donors (Lipinski definition) is 2. The minimum absolute atomic E-state index is 0.272. The maximum Gasteiger partial charge on any atom is 0.255 e. The van der Waals surface area contributed by atoms with Crippen LogP contribution in [0.25, 0.3) is 0 Å². The summed E-state index contributed by atoms with van der Waals surface area (Å²) < 4.78 is 5.13. The predicted octanol–water partition coefficient (Wildman–Crippen LogP) is 2.31. The van der Waals surface area contributed by atoms with Crippen LogP contribution in [0.1, 0.15) is 22.0 Å². The van der Waals surface area contributed by atoms with Gasteiger partial charge in [-0.05, 0) is 23.8 Å². The lowest BCUT2D eigenvalue weighted by atomic mass is 10.1. The van der Waals surface area contributed by atoms with Gasteiger partial charge in [0.2, 0.25) is 5.91 Å². The van der Waals surface area contributed by atoms with Crippen LogP contribution in [-0.2, 0) is 4.79 Å². The van der Waals surface area contributed by atoms with Gasteiger partial charge >= 0.3 is 0 Å². The third-order valence-corrected chi connectivity index (χ3v) is 3.34. The maximum absolute atomic E-state index is 12.4. The molecule has 5 nitrogen and oxygen atoms in total. The number of nitrogens with one attached hydrogen (secondary N) is 1. The molecule has 0 aliphatic heterocycles. The molecule has 0 aromatic heterocycles. The number of methoxy groups -OCH3 is 1. The van der Waals surface area contributed by atoms with Gasteiger partial charge in [-0.25, -0.2) is 0 Å². The summed E-state index contributed by atoms with van der Waals surface area (Å²) >= 11 is 5.87. The van der Waals surface area contributed by atoms with Crippen molar-refractivity contribution in [3.63, 3.8) is 0 Å². The van der Waals surface area contributed by atoms with Gasteiger partial charge in [0.05, 0.1) is 12.7 Å². The van der Waals surface area contributed by atoms with Crippen LogP contribution in [-0.4, -0.2) is 18.9 Å². The van der Waals surface area contributed by atoms with Crippen molar-refractivity contribution in [1.29, 1.82) is 0 Å². The molecular weight excluding hydrogens is 304 g/mol. The largest absolute Gasteiger partial charge is 0.496 e. The topological polar surface area (TPSA) is 81.4 Å². The quantitative estimate of drug-likeness (QED) is 0.887. The average molecular weight is 319 g/mol. The first kappa shape index (κ1) is 15.9. The van der Waals surface area contributed by atoms with Crippen molar-refractivity contribution in [2.45, 2.75) is 6.04 Å². The Morgan fingerprint density at radius 2 is 1.86 bits per heavy atom. The number of rotatable bonds is 5. The van der Waals surface area contributed by atoms with E-state index in [0.29, 0.717) is 16.3 Å². The van der Waals surface area contributed by atoms with Gasteiger partial charge in [-0.1, -0.05) is 41.9 Å². The van der Waals surface area contributed by atoms with E-state index in [1.807, 2.05) is 6.07 Å². The van der Waals surface area contributed by atoms with E-state index in [4.69, 9.17) is 22.1 Å². The van der Waals surface area contributed by atoms with E-state index in [2.05, 4.69) is 5.32 Å². The zero-order chi connectivity index (χ0) is 16.1. The van der Waals surface area contributed by atoms with Crippen LogP contribution in [0.5, 0.6) is 5.75 Å². The van der Waals surface area contributed by atoms with Crippen molar-refractivity contribution in [2.24, 2.45) is 5.73 Å². The number of carbonyl (C=O) groups is 2. The molecule has 0 fully saturated rings. The van der Waals surface area contributed by atoms with Crippen LogP contribution in [0.15, 0.2) is 48.5 Å². The normalized spacial score (nSPS) is 11.5. The SMILES string of the molecule is COc1cc(Cl)ccc1C(=O)N[C@@H](C(N)=O)c1ccccc1. The number of primary amides is 1. The lowest BCUT2D eigenvalue weighted by Gasteiger charge is -2.17. The molecule has 22 heavy (non-hydrogen) atoms. The Morgan fingerprint density at radius 3 is 2.45 bits per heavy atom. The molecule has 0 aliphatic rings. The molecule has 0 bridgehead atoms. The number of hydrogen-bond acceptors (Lipinski definition) is 3. The van der Waals surface area contributed by atoms with E-state index < -0.39 is 17.9 Å². The molecule has 2 amide bonds. The molecule has 0 aliphatic carbocycles. The Morgan fingerprint density at radius 1 is 1.18 bits per heavy atom. The summed E-state index contributed by atoms with van der Waals surface area (Å²) in [6, 6.07) is 12.5. The Hall–Kier alpha value is -2.53. The molecule has 0 saturated carbocycles. The highest BCUT2D eigenvalue weighted by molar-refractivity contribution is 6.30. The first-order chi connectivity index (χ1) is 10.5. The van der Waals surface area contributed by atoms with Gasteiger partial charge in [-0.2, -0.15) is 0 Å². The van der Waals surface area contributed by atoms with Gasteiger partial charge in [0.1, 0.15) is 11.8 Å². The van der Waals surface area contributed by atoms with E-state index in [1.54, 1.807) is 30.3 Å². The molecule has 6 heteroatoms. The second-order valence-electron chi connectivity index (χ2n) is 4.56. The van der Waals surface area contributed by atoms with Crippen molar-refractivity contribution < 1.29 is 14.3 Å². The molecule has 1 atom stereocenters. The van der Waals surface area contributed by atoms with E-state index in [0.717, 1.165) is 0 Å². The number of amides is 2. The standard InChI is InChI=1S/C16H15ClN2O3/c1-22-13-9-11(17)7-8-12(13)16(21)19-14(15(18)20)10-5-3-2-4-6-10/h2-9,14H,1H3,(H2,18,20)(H,19,21)/t14-/m1/s1. The van der Waals surface area contributed by atoms with Crippen molar-refractivity contribution in [3.05, 3.63) is 64.7 Å². The highest BCUT2D eigenvalue weighted by Crippen LogP contribution is 2.24. The molecule has 0 unspecified atom stereocenters. The van der Waals surface area contributed by atoms with Crippen molar-refractivity contribution in [2.75, 3.05) is 7.11 Å². The smallest absolute Gasteiger partial charge is 0.255 e. The van der Waals surface area contributed by atoms with Crippen LogP contribution in [0.2, 0.25) is 5.02 Å². The van der Waals surface area contributed by atoms with Crippen molar-refractivity contribution >= 4 is 23.4 Å². The molecule has 0 spiro atoms. The summed E-state index contributed by atoms with van der Waals surface area (Å²) in [6.07, 6.45) is 0. The number of nitrogens with two attached hydrogens (primary N) is 1. The molecule has 0 saturated heterocycles. The van der Waals surface area contributed by atoms with Gasteiger partial charge in [-0.15, -0.1) is 0 Å². The lowest BCUT2D eigenvalue weighted by Crippen LogP contribution is -2.37. The number of halogens is 1. The summed E-state index contributed by atoms with van der Waals surface area (Å²) in [7, 11) is 1.44. The third kappa shape index (κ3) is 3.56. The van der Waals surface area contributed by atoms with E-state index >= 15 is 0 Å². The van der Waals surface area contributed by atoms with Crippen LogP contribution < -0.4 is 15.8 Å². The lowest BCUT2D eigenvalue weighted by molar-refractivity contribution is -0.120. The molecule has 2 aromatic carbocycles. The average Bonchev–Trinajstić information content (AvgIpc) is 2.52. The van der Waals surface area contributed by atoms with Gasteiger partial charge < -0.3 is 15.8 Å². The Bertz CT molecular complexity index is 689. The van der Waals surface area contributed by atoms with Crippen LogP contribution in [0.4, 0.5) is 0 Å². The summed E-state index contributed by atoms with van der Waals surface area (Å²) in [4.78, 5) is 24.0. The fourth-order valence-corrected chi connectivity index (χ4v) is 2.19. The first-order valence-electron chi connectivity index (χ1n) is 6.51. The van der Waals surface area contributed by atoms with Crippen LogP contribution >= 0.6 is 11.6 Å². The molecule has 0 radical (unpaired) electrons. The highest BCUT2D eigenvalue weighted by Gasteiger charge is 2.22. The fraction of sp³-hybridized carbons (Fsp3) is 0.125. The van der Waals surface area contributed by atoms with Gasteiger partial charge in [0, 0.05) is 5.02 Å². The minimum atomic E-state index is -0.922. The molecule has 2 aromatic rings. The van der Waals surface area contributed by atoms with Crippen LogP contribution in [0.3, 0.4) is 0 Å². The predicted molar refractivity (Wildman–Crippen MR) is 83.8 cm³/mol. The monoisotopic (exact) mass is 318 g/mol. The third-order valence-electron chi connectivity index (χ3n) is 3.10. The summed E-state index contributed by atoms with van der Waals surface area (Å²) in [5.41, 5.74) is 6.26. The molecule has 3 N–H and O–H groups in total. The van der Waals surface area contributed by atoms with Gasteiger partial charge in [0.25, 0.3) is 5.91 Å². The zero-order valence-electron chi connectivity index (χ0n) is 11.9. The zero-order valence-corrected chi connectivity index (χ0v) is 12.6. The Balaban J connectivity index is 2.28. The Labute approximate surface area is 133 Å². The summed E-state index contributed by atoms with van der Waals surface area (Å²) in [5.74, 6) is -0.796. The van der Waals surface area contributed by atoms with E-state index in [-0.39, 0.29) is 5.56 Å². The summed E-state index contributed by atoms with van der Waals surface area (Å²) in [5, 5.41) is 3.05. The fourth-order valence-electron chi connectivity index (χ4n) is 2.03. The Kier molecular flexibility index (Phi) is 5.01. The van der Waals surface area contributed by atoms with Gasteiger partial charge in [-0.3, -0.25) is 9.59 Å². The molecule has 114 valence electrons. The van der Waals surface area contributed by atoms with Gasteiger partial charge in [0.15, 0.2) is 0 Å². The van der Waals surface area contributed by atoms with E-state index in [9.17, 15) is 9.59 Å². The second-order valence-corrected chi connectivity index (χ2v) is 5.00. The summed E-state index contributed by atoms with van der Waals surface area (Å²) in [6.45, 7) is 0. The molecular formula is C16H15ClN2O3. The number of carbonyl (C=O) groups excluding carboxylic acids is 2. The second kappa shape index (κ2) is 6.95. The van der Waals surface area contributed by atoms with Crippen LogP contribution in [0, 0.1) is 0 Å². The number of benzene rings is 2.